The lowest BCUT2D eigenvalue weighted by Gasteiger charge is -2.15. The number of amides is 2. The van der Waals surface area contributed by atoms with Gasteiger partial charge in [0.1, 0.15) is 0 Å². The Hall–Kier alpha value is -3.00. The first-order valence-electron chi connectivity index (χ1n) is 10.2. The molecule has 0 radical (unpaired) electrons. The molecule has 1 fully saturated rings. The zero-order valence-electron chi connectivity index (χ0n) is 17.8. The number of hydrogen-bond acceptors (Lipinski definition) is 6. The van der Waals surface area contributed by atoms with Gasteiger partial charge in [-0.05, 0) is 49.2 Å². The molecule has 31 heavy (non-hydrogen) atoms. The van der Waals surface area contributed by atoms with Crippen LogP contribution in [0.3, 0.4) is 0 Å². The van der Waals surface area contributed by atoms with E-state index in [4.69, 9.17) is 4.74 Å². The van der Waals surface area contributed by atoms with Gasteiger partial charge in [0, 0.05) is 43.5 Å². The van der Waals surface area contributed by atoms with Crippen LogP contribution >= 0.6 is 11.8 Å². The predicted octanol–water partition coefficient (Wildman–Crippen LogP) is 3.26. The molecular weight excluding hydrogens is 414 g/mol. The number of benzene rings is 2. The summed E-state index contributed by atoms with van der Waals surface area (Å²) in [6.45, 7) is 1.21. The van der Waals surface area contributed by atoms with Crippen molar-refractivity contribution in [2.45, 2.75) is 17.7 Å². The number of carbonyl (C=O) groups is 3. The van der Waals surface area contributed by atoms with E-state index in [9.17, 15) is 14.4 Å². The summed E-state index contributed by atoms with van der Waals surface area (Å²) in [7, 11) is 3.87. The van der Waals surface area contributed by atoms with Gasteiger partial charge in [0.15, 0.2) is 6.61 Å². The molecule has 0 bridgehead atoms. The zero-order valence-corrected chi connectivity index (χ0v) is 18.6. The average Bonchev–Trinajstić information content (AvgIpc) is 3.31. The van der Waals surface area contributed by atoms with E-state index in [1.165, 1.54) is 11.8 Å². The third-order valence-electron chi connectivity index (χ3n) is 4.92. The van der Waals surface area contributed by atoms with E-state index in [1.54, 1.807) is 30.3 Å². The van der Waals surface area contributed by atoms with Gasteiger partial charge in [-0.2, -0.15) is 0 Å². The standard InChI is InChI=1S/C23H27N3O4S/c1-25(2)18-11-9-17(10-12-18)24-21(27)15-30-23(29)19-7-3-4-8-20(19)31-16-22(28)26-13-5-6-14-26/h3-4,7-12H,5-6,13-16H2,1-2H3,(H,24,27). The fourth-order valence-corrected chi connectivity index (χ4v) is 4.15. The van der Waals surface area contributed by atoms with Crippen LogP contribution in [-0.2, 0) is 14.3 Å². The minimum atomic E-state index is -0.588. The van der Waals surface area contributed by atoms with Gasteiger partial charge in [-0.25, -0.2) is 4.79 Å². The van der Waals surface area contributed by atoms with Crippen LogP contribution in [0.15, 0.2) is 53.4 Å². The van der Waals surface area contributed by atoms with Gasteiger partial charge in [-0.15, -0.1) is 11.8 Å². The van der Waals surface area contributed by atoms with Crippen LogP contribution < -0.4 is 10.2 Å². The van der Waals surface area contributed by atoms with Crippen molar-refractivity contribution in [3.05, 3.63) is 54.1 Å². The molecule has 0 aromatic heterocycles. The van der Waals surface area contributed by atoms with Crippen molar-refractivity contribution in [2.75, 3.05) is 49.8 Å². The minimum absolute atomic E-state index is 0.0744. The average molecular weight is 442 g/mol. The lowest BCUT2D eigenvalue weighted by molar-refractivity contribution is -0.127. The van der Waals surface area contributed by atoms with Crippen molar-refractivity contribution >= 4 is 40.9 Å². The summed E-state index contributed by atoms with van der Waals surface area (Å²) in [6, 6.07) is 14.3. The fourth-order valence-electron chi connectivity index (χ4n) is 3.21. The topological polar surface area (TPSA) is 79.0 Å². The summed E-state index contributed by atoms with van der Waals surface area (Å²) in [5, 5.41) is 2.71. The maximum atomic E-state index is 12.5. The molecular formula is C23H27N3O4S. The summed E-state index contributed by atoms with van der Waals surface area (Å²) in [5.41, 5.74) is 2.00. The molecule has 164 valence electrons. The molecule has 2 aromatic carbocycles. The number of nitrogens with zero attached hydrogens (tertiary/aromatic N) is 2. The van der Waals surface area contributed by atoms with E-state index in [2.05, 4.69) is 5.32 Å². The van der Waals surface area contributed by atoms with Gasteiger partial charge in [-0.1, -0.05) is 12.1 Å². The number of anilines is 2. The normalized spacial score (nSPS) is 13.0. The first-order valence-corrected chi connectivity index (χ1v) is 11.2. The van der Waals surface area contributed by atoms with Crippen LogP contribution in [-0.4, -0.2) is 62.2 Å². The number of ether oxygens (including phenoxy) is 1. The first-order chi connectivity index (χ1) is 14.9. The second kappa shape index (κ2) is 10.9. The Balaban J connectivity index is 1.51. The van der Waals surface area contributed by atoms with Gasteiger partial charge < -0.3 is 19.9 Å². The molecule has 1 aliphatic heterocycles. The third-order valence-corrected chi connectivity index (χ3v) is 5.98. The number of likely N-dealkylation sites (tertiary alicyclic amines) is 1. The highest BCUT2D eigenvalue weighted by Gasteiger charge is 2.20. The van der Waals surface area contributed by atoms with Crippen LogP contribution in [0.5, 0.6) is 0 Å². The SMILES string of the molecule is CN(C)c1ccc(NC(=O)COC(=O)c2ccccc2SCC(=O)N2CCCC2)cc1. The number of hydrogen-bond donors (Lipinski definition) is 1. The van der Waals surface area contributed by atoms with E-state index < -0.39 is 11.9 Å². The highest BCUT2D eigenvalue weighted by Crippen LogP contribution is 2.24. The van der Waals surface area contributed by atoms with Gasteiger partial charge in [-0.3, -0.25) is 9.59 Å². The van der Waals surface area contributed by atoms with Gasteiger partial charge in [0.05, 0.1) is 11.3 Å². The Bertz CT molecular complexity index is 925. The van der Waals surface area contributed by atoms with E-state index >= 15 is 0 Å². The molecule has 0 unspecified atom stereocenters. The second-order valence-corrected chi connectivity index (χ2v) is 8.46. The monoisotopic (exact) mass is 441 g/mol. The quantitative estimate of drug-likeness (QED) is 0.500. The van der Waals surface area contributed by atoms with Gasteiger partial charge in [0.2, 0.25) is 5.91 Å². The van der Waals surface area contributed by atoms with E-state index in [0.29, 0.717) is 16.1 Å². The molecule has 1 heterocycles. The smallest absolute Gasteiger partial charge is 0.339 e. The largest absolute Gasteiger partial charge is 0.452 e. The molecule has 2 amide bonds. The van der Waals surface area contributed by atoms with Crippen LogP contribution in [0.25, 0.3) is 0 Å². The molecule has 1 saturated heterocycles. The van der Waals surface area contributed by atoms with Crippen molar-refractivity contribution in [3.63, 3.8) is 0 Å². The minimum Gasteiger partial charge on any atom is -0.452 e. The lowest BCUT2D eigenvalue weighted by Crippen LogP contribution is -2.29. The highest BCUT2D eigenvalue weighted by molar-refractivity contribution is 8.00. The summed E-state index contributed by atoms with van der Waals surface area (Å²) in [6.07, 6.45) is 2.09. The number of rotatable bonds is 8. The number of carbonyl (C=O) groups excluding carboxylic acids is 3. The Morgan fingerprint density at radius 2 is 1.71 bits per heavy atom. The Labute approximate surface area is 186 Å². The molecule has 1 N–H and O–H groups in total. The summed E-state index contributed by atoms with van der Waals surface area (Å²) in [4.78, 5) is 41.4. The van der Waals surface area contributed by atoms with Crippen LogP contribution in [0.4, 0.5) is 11.4 Å². The molecule has 3 rings (SSSR count). The predicted molar refractivity (Wildman–Crippen MR) is 123 cm³/mol. The Kier molecular flexibility index (Phi) is 7.94. The van der Waals surface area contributed by atoms with Crippen molar-refractivity contribution in [3.8, 4) is 0 Å². The van der Waals surface area contributed by atoms with Crippen molar-refractivity contribution in [1.82, 2.24) is 4.90 Å². The van der Waals surface area contributed by atoms with Crippen molar-refractivity contribution in [1.29, 1.82) is 0 Å². The van der Waals surface area contributed by atoms with Crippen molar-refractivity contribution in [2.24, 2.45) is 0 Å². The molecule has 7 nitrogen and oxygen atoms in total. The van der Waals surface area contributed by atoms with Gasteiger partial charge in [0.25, 0.3) is 5.91 Å². The Morgan fingerprint density at radius 3 is 2.39 bits per heavy atom. The first kappa shape index (κ1) is 22.7. The summed E-state index contributed by atoms with van der Waals surface area (Å²) < 4.78 is 5.20. The van der Waals surface area contributed by atoms with Crippen molar-refractivity contribution < 1.29 is 19.1 Å². The van der Waals surface area contributed by atoms with Crippen LogP contribution in [0.2, 0.25) is 0 Å². The maximum absolute atomic E-state index is 12.5. The third kappa shape index (κ3) is 6.49. The van der Waals surface area contributed by atoms with E-state index in [-0.39, 0.29) is 18.3 Å². The van der Waals surface area contributed by atoms with E-state index in [1.807, 2.05) is 42.1 Å². The molecule has 0 saturated carbocycles. The molecule has 0 atom stereocenters. The fraction of sp³-hybridized carbons (Fsp3) is 0.348. The molecule has 0 spiro atoms. The summed E-state index contributed by atoms with van der Waals surface area (Å²) >= 11 is 1.31. The lowest BCUT2D eigenvalue weighted by atomic mass is 10.2. The summed E-state index contributed by atoms with van der Waals surface area (Å²) in [5.74, 6) is -0.659. The molecule has 0 aliphatic carbocycles. The molecule has 1 aliphatic rings. The van der Waals surface area contributed by atoms with Crippen LogP contribution in [0.1, 0.15) is 23.2 Å². The van der Waals surface area contributed by atoms with Gasteiger partial charge >= 0.3 is 5.97 Å². The van der Waals surface area contributed by atoms with E-state index in [0.717, 1.165) is 31.6 Å². The second-order valence-electron chi connectivity index (χ2n) is 7.44. The molecule has 8 heteroatoms. The number of nitrogens with one attached hydrogen (secondary N) is 1. The number of esters is 1. The maximum Gasteiger partial charge on any atom is 0.339 e. The zero-order chi connectivity index (χ0) is 22.2. The number of thioether (sulfide) groups is 1. The highest BCUT2D eigenvalue weighted by atomic mass is 32.2. The Morgan fingerprint density at radius 1 is 1.03 bits per heavy atom. The molecule has 2 aromatic rings. The van der Waals surface area contributed by atoms with Crippen LogP contribution in [0, 0.1) is 0 Å².